The zero-order chi connectivity index (χ0) is 42.7. The minimum atomic E-state index is -1.32. The van der Waals surface area contributed by atoms with Crippen molar-refractivity contribution < 1.29 is 33.4 Å². The third kappa shape index (κ3) is 9.04. The van der Waals surface area contributed by atoms with Crippen LogP contribution in [0.5, 0.6) is 11.5 Å². The zero-order valence-electron chi connectivity index (χ0n) is 33.3. The van der Waals surface area contributed by atoms with Crippen molar-refractivity contribution in [2.24, 2.45) is 5.16 Å². The van der Waals surface area contributed by atoms with Crippen molar-refractivity contribution in [1.29, 1.82) is 0 Å². The summed E-state index contributed by atoms with van der Waals surface area (Å²) in [5.74, 6) is 0.204. The highest BCUT2D eigenvalue weighted by Gasteiger charge is 2.31. The van der Waals surface area contributed by atoms with Crippen LogP contribution in [-0.4, -0.2) is 92.6 Å². The number of pyridine rings is 1. The SMILES string of the molecule is CC1COc2c(N3CCN(C)CC3)c(F)cc3c(=O)c(C(=O)O)cn1c23.CCCSc1nnc(COc2ccccc2C2=NOC(c3ccc(Cl)cc3Cl)C2)n1NC(C)=O. The van der Waals surface area contributed by atoms with Gasteiger partial charge < -0.3 is 33.8 Å². The average Bonchev–Trinajstić information content (AvgIpc) is 3.86. The number of carboxylic acids is 1. The van der Waals surface area contributed by atoms with E-state index in [-0.39, 0.29) is 42.2 Å². The van der Waals surface area contributed by atoms with E-state index in [1.807, 2.05) is 49.2 Å². The van der Waals surface area contributed by atoms with Gasteiger partial charge in [0.1, 0.15) is 30.2 Å². The van der Waals surface area contributed by atoms with E-state index in [2.05, 4.69) is 32.6 Å². The molecule has 5 aromatic rings. The molecule has 1 amide bonds. The number of hydrogen-bond donors (Lipinski definition) is 2. The van der Waals surface area contributed by atoms with Crippen molar-refractivity contribution in [2.75, 3.05) is 55.9 Å². The number of oxime groups is 1. The number of carbonyl (C=O) groups is 2. The highest BCUT2D eigenvalue weighted by atomic mass is 35.5. The Balaban J connectivity index is 0.000000188. The number of para-hydroxylation sites is 1. The molecule has 19 heteroatoms. The van der Waals surface area contributed by atoms with Gasteiger partial charge in [0.2, 0.25) is 16.5 Å². The van der Waals surface area contributed by atoms with Crippen LogP contribution in [0.3, 0.4) is 0 Å². The first-order valence-electron chi connectivity index (χ1n) is 19.3. The first kappa shape index (κ1) is 42.8. The minimum Gasteiger partial charge on any atom is -0.487 e. The summed E-state index contributed by atoms with van der Waals surface area (Å²) in [6, 6.07) is 13.9. The lowest BCUT2D eigenvalue weighted by Crippen LogP contribution is -2.45. The van der Waals surface area contributed by atoms with E-state index in [9.17, 15) is 23.9 Å². The Morgan fingerprint density at radius 2 is 1.87 bits per heavy atom. The van der Waals surface area contributed by atoms with Gasteiger partial charge in [-0.2, -0.15) is 0 Å². The molecule has 0 aliphatic carbocycles. The quantitative estimate of drug-likeness (QED) is 0.129. The number of ether oxygens (including phenoxy) is 2. The lowest BCUT2D eigenvalue weighted by molar-refractivity contribution is -0.115. The number of thioether (sulfide) groups is 1. The fourth-order valence-electron chi connectivity index (χ4n) is 7.08. The molecule has 3 aromatic carbocycles. The number of hydrogen-bond acceptors (Lipinski definition) is 12. The first-order valence-corrected chi connectivity index (χ1v) is 21.0. The average molecular weight is 882 g/mol. The van der Waals surface area contributed by atoms with Crippen LogP contribution < -0.4 is 25.2 Å². The molecule has 3 aliphatic heterocycles. The number of aromatic carboxylic acids is 1. The van der Waals surface area contributed by atoms with Gasteiger partial charge >= 0.3 is 5.97 Å². The summed E-state index contributed by atoms with van der Waals surface area (Å²) in [5.41, 5.74) is 4.91. The van der Waals surface area contributed by atoms with Crippen LogP contribution in [0.15, 0.2) is 69.8 Å². The van der Waals surface area contributed by atoms with E-state index < -0.39 is 17.2 Å². The molecule has 2 atom stereocenters. The predicted molar refractivity (Wildman–Crippen MR) is 228 cm³/mol. The van der Waals surface area contributed by atoms with Gasteiger partial charge in [-0.15, -0.1) is 10.2 Å². The topological polar surface area (TPSA) is 166 Å². The molecule has 2 N–H and O–H groups in total. The smallest absolute Gasteiger partial charge is 0.341 e. The van der Waals surface area contributed by atoms with E-state index in [1.165, 1.54) is 24.9 Å². The van der Waals surface area contributed by atoms with E-state index >= 15 is 0 Å². The first-order chi connectivity index (χ1) is 28.8. The molecule has 0 radical (unpaired) electrons. The van der Waals surface area contributed by atoms with E-state index in [4.69, 9.17) is 37.5 Å². The molecule has 0 saturated carbocycles. The number of aromatic nitrogens is 4. The second-order valence-electron chi connectivity index (χ2n) is 14.5. The van der Waals surface area contributed by atoms with Crippen LogP contribution >= 0.6 is 35.0 Å². The van der Waals surface area contributed by atoms with Crippen LogP contribution in [0.2, 0.25) is 10.0 Å². The number of amides is 1. The highest BCUT2D eigenvalue weighted by molar-refractivity contribution is 7.99. The van der Waals surface area contributed by atoms with Gasteiger partial charge in [-0.3, -0.25) is 15.0 Å². The van der Waals surface area contributed by atoms with Crippen LogP contribution in [0, 0.1) is 5.82 Å². The van der Waals surface area contributed by atoms with Crippen LogP contribution in [0.25, 0.3) is 10.9 Å². The Kier molecular flexibility index (Phi) is 13.2. The van der Waals surface area contributed by atoms with Crippen molar-refractivity contribution >= 4 is 69.1 Å². The van der Waals surface area contributed by atoms with Gasteiger partial charge in [0, 0.05) is 72.6 Å². The number of benzene rings is 3. The Bertz CT molecular complexity index is 2530. The number of nitrogens with one attached hydrogen (secondary N) is 1. The largest absolute Gasteiger partial charge is 0.487 e. The van der Waals surface area contributed by atoms with Crippen molar-refractivity contribution in [3.63, 3.8) is 0 Å². The van der Waals surface area contributed by atoms with Gasteiger partial charge in [-0.1, -0.05) is 65.2 Å². The Labute approximate surface area is 359 Å². The molecule has 316 valence electrons. The van der Waals surface area contributed by atoms with Crippen molar-refractivity contribution in [1.82, 2.24) is 24.3 Å². The molecule has 0 bridgehead atoms. The summed E-state index contributed by atoms with van der Waals surface area (Å²) in [6.45, 7) is 8.70. The molecule has 60 heavy (non-hydrogen) atoms. The molecule has 3 aliphatic rings. The summed E-state index contributed by atoms with van der Waals surface area (Å²) >= 11 is 13.9. The standard InChI is InChI=1S/C23H23Cl2N5O3S.C18H20FN3O4/c1-3-10-34-23-27-26-22(30(23)28-14(2)31)13-32-20-7-5-4-6-17(20)19-12-21(33-29-19)16-9-8-15(24)11-18(16)25;1-10-9-26-17-14-11(16(23)12(18(24)25)8-22(10)14)7-13(19)15(17)21-5-3-20(2)4-6-21/h4-9,11,21H,3,10,12-13H2,1-2H3,(H,28,31);7-8,10H,3-6,9H2,1-2H3,(H,24,25). The third-order valence-corrected chi connectivity index (χ3v) is 11.8. The second kappa shape index (κ2) is 18.5. The minimum absolute atomic E-state index is 0.0434. The van der Waals surface area contributed by atoms with Crippen LogP contribution in [0.1, 0.15) is 73.1 Å². The van der Waals surface area contributed by atoms with Crippen molar-refractivity contribution in [3.8, 4) is 11.5 Å². The predicted octanol–water partition coefficient (Wildman–Crippen LogP) is 7.17. The summed E-state index contributed by atoms with van der Waals surface area (Å²) in [5, 5.41) is 23.8. The Morgan fingerprint density at radius 1 is 1.10 bits per heavy atom. The normalized spacial score (nSPS) is 17.3. The number of carboxylic acid groups (broad SMARTS) is 1. The van der Waals surface area contributed by atoms with E-state index in [1.54, 1.807) is 21.4 Å². The number of anilines is 1. The van der Waals surface area contributed by atoms with E-state index in [0.29, 0.717) is 63.2 Å². The van der Waals surface area contributed by atoms with Crippen molar-refractivity contribution in [3.05, 3.63) is 103 Å². The Morgan fingerprint density at radius 3 is 2.58 bits per heavy atom. The Hall–Kier alpha value is -5.36. The summed E-state index contributed by atoms with van der Waals surface area (Å²) in [7, 11) is 2.02. The van der Waals surface area contributed by atoms with Gasteiger partial charge in [0.25, 0.3) is 0 Å². The van der Waals surface area contributed by atoms with Gasteiger partial charge in [-0.05, 0) is 50.7 Å². The van der Waals surface area contributed by atoms with Gasteiger partial charge in [-0.25, -0.2) is 13.9 Å². The van der Waals surface area contributed by atoms with Crippen molar-refractivity contribution in [2.45, 2.75) is 57.5 Å². The number of carbonyl (C=O) groups excluding carboxylic acids is 1. The molecule has 8 rings (SSSR count). The summed E-state index contributed by atoms with van der Waals surface area (Å²) < 4.78 is 30.2. The lowest BCUT2D eigenvalue weighted by Gasteiger charge is -2.37. The fraction of sp³-hybridized carbons (Fsp3) is 0.366. The molecule has 15 nitrogen and oxygen atoms in total. The van der Waals surface area contributed by atoms with E-state index in [0.717, 1.165) is 48.2 Å². The number of likely N-dealkylation sites (N-methyl/N-ethyl adjacent to an activating group) is 1. The molecule has 2 unspecified atom stereocenters. The van der Waals surface area contributed by atoms with Gasteiger partial charge in [0.05, 0.1) is 22.7 Å². The van der Waals surface area contributed by atoms with Crippen LogP contribution in [-0.2, 0) is 16.2 Å². The zero-order valence-corrected chi connectivity index (χ0v) is 35.6. The number of piperazine rings is 1. The van der Waals surface area contributed by atoms with Gasteiger partial charge in [0.15, 0.2) is 23.5 Å². The monoisotopic (exact) mass is 880 g/mol. The van der Waals surface area contributed by atoms with Crippen LogP contribution in [0.4, 0.5) is 10.1 Å². The summed E-state index contributed by atoms with van der Waals surface area (Å²) in [6.07, 6.45) is 2.54. The molecular formula is C41H43Cl2FN8O7S. The highest BCUT2D eigenvalue weighted by Crippen LogP contribution is 2.42. The third-order valence-electron chi connectivity index (χ3n) is 10.1. The number of nitrogens with zero attached hydrogens (tertiary/aromatic N) is 7. The molecule has 2 aromatic heterocycles. The maximum absolute atomic E-state index is 15.0. The molecule has 5 heterocycles. The number of halogens is 3. The molecule has 0 spiro atoms. The molecule has 1 saturated heterocycles. The molecule has 1 fully saturated rings. The lowest BCUT2D eigenvalue weighted by atomic mass is 9.99. The molecular weight excluding hydrogens is 838 g/mol. The maximum Gasteiger partial charge on any atom is 0.341 e. The number of rotatable bonds is 11. The maximum atomic E-state index is 15.0. The second-order valence-corrected chi connectivity index (χ2v) is 16.4. The fourth-order valence-corrected chi connectivity index (χ4v) is 8.37. The summed E-state index contributed by atoms with van der Waals surface area (Å²) in [4.78, 5) is 45.5.